The summed E-state index contributed by atoms with van der Waals surface area (Å²) in [5.41, 5.74) is 6.91. The molecule has 5 nitrogen and oxygen atoms in total. The monoisotopic (exact) mass is 346 g/mol. The molecular formula is C20H34N4O. The zero-order valence-corrected chi connectivity index (χ0v) is 16.2. The molecule has 0 aliphatic carbocycles. The summed E-state index contributed by atoms with van der Waals surface area (Å²) in [5, 5.41) is 3.13. The van der Waals surface area contributed by atoms with E-state index in [0.29, 0.717) is 5.96 Å². The lowest BCUT2D eigenvalue weighted by molar-refractivity contribution is 0.140. The van der Waals surface area contributed by atoms with Crippen LogP contribution >= 0.6 is 0 Å². The fraction of sp³-hybridized carbons (Fsp3) is 0.650. The molecule has 140 valence electrons. The summed E-state index contributed by atoms with van der Waals surface area (Å²) in [5.74, 6) is 2.95. The van der Waals surface area contributed by atoms with Crippen LogP contribution in [0.4, 0.5) is 5.69 Å². The molecule has 2 rings (SSSR count). The van der Waals surface area contributed by atoms with Crippen LogP contribution < -0.4 is 15.8 Å². The van der Waals surface area contributed by atoms with Crippen LogP contribution in [-0.2, 0) is 0 Å². The number of guanidine groups is 1. The molecule has 3 N–H and O–H groups in total. The number of likely N-dealkylation sites (tertiary alicyclic amines) is 1. The van der Waals surface area contributed by atoms with Crippen molar-refractivity contribution in [3.63, 3.8) is 0 Å². The fourth-order valence-corrected chi connectivity index (χ4v) is 3.54. The molecule has 1 aromatic carbocycles. The van der Waals surface area contributed by atoms with Crippen LogP contribution in [0.2, 0.25) is 0 Å². The van der Waals surface area contributed by atoms with E-state index in [2.05, 4.69) is 29.1 Å². The maximum atomic E-state index is 5.98. The molecule has 2 atom stereocenters. The quantitative estimate of drug-likeness (QED) is 0.450. The van der Waals surface area contributed by atoms with Crippen molar-refractivity contribution in [3.8, 4) is 5.75 Å². The van der Waals surface area contributed by atoms with Gasteiger partial charge in [0.05, 0.1) is 6.10 Å². The Labute approximate surface area is 152 Å². The van der Waals surface area contributed by atoms with Gasteiger partial charge in [-0.25, -0.2) is 0 Å². The minimum Gasteiger partial charge on any atom is -0.491 e. The van der Waals surface area contributed by atoms with Gasteiger partial charge in [-0.1, -0.05) is 13.8 Å². The first-order valence-electron chi connectivity index (χ1n) is 9.48. The molecule has 1 aliphatic heterocycles. The molecular weight excluding hydrogens is 312 g/mol. The second-order valence-corrected chi connectivity index (χ2v) is 7.64. The fourth-order valence-electron chi connectivity index (χ4n) is 3.54. The van der Waals surface area contributed by atoms with Gasteiger partial charge in [0.1, 0.15) is 5.75 Å². The first-order valence-corrected chi connectivity index (χ1v) is 9.48. The standard InChI is InChI=1S/C20H34N4O/c1-15(2)25-19-8-6-18(7-9-19)23-20(21)22-10-5-11-24-13-16(3)12-17(4)14-24/h6-9,15-17H,5,10-14H2,1-4H3,(H3,21,22,23). The van der Waals surface area contributed by atoms with Gasteiger partial charge >= 0.3 is 0 Å². The molecule has 1 heterocycles. The number of hydrogen-bond acceptors (Lipinski definition) is 3. The SMILES string of the molecule is CC1CC(C)CN(CCCN=C(N)Nc2ccc(OC(C)C)cc2)C1. The third-order valence-electron chi connectivity index (χ3n) is 4.36. The molecule has 0 saturated carbocycles. The van der Waals surface area contributed by atoms with Crippen molar-refractivity contribution >= 4 is 11.6 Å². The van der Waals surface area contributed by atoms with E-state index < -0.39 is 0 Å². The molecule has 0 radical (unpaired) electrons. The van der Waals surface area contributed by atoms with E-state index in [1.807, 2.05) is 38.1 Å². The zero-order chi connectivity index (χ0) is 18.2. The number of aliphatic imine (C=N–C) groups is 1. The highest BCUT2D eigenvalue weighted by atomic mass is 16.5. The number of benzene rings is 1. The average Bonchev–Trinajstić information content (AvgIpc) is 2.52. The van der Waals surface area contributed by atoms with Crippen LogP contribution in [-0.4, -0.2) is 43.1 Å². The van der Waals surface area contributed by atoms with Crippen LogP contribution in [0.5, 0.6) is 5.75 Å². The number of ether oxygens (including phenoxy) is 1. The normalized spacial score (nSPS) is 22.2. The molecule has 25 heavy (non-hydrogen) atoms. The highest BCUT2D eigenvalue weighted by Crippen LogP contribution is 2.20. The molecule has 1 fully saturated rings. The Morgan fingerprint density at radius 1 is 1.24 bits per heavy atom. The Morgan fingerprint density at radius 3 is 2.48 bits per heavy atom. The lowest BCUT2D eigenvalue weighted by atomic mass is 9.92. The van der Waals surface area contributed by atoms with Crippen molar-refractivity contribution in [3.05, 3.63) is 24.3 Å². The Balaban J connectivity index is 1.70. The summed E-state index contributed by atoms with van der Waals surface area (Å²) in [7, 11) is 0. The van der Waals surface area contributed by atoms with E-state index in [4.69, 9.17) is 10.5 Å². The number of nitrogens with one attached hydrogen (secondary N) is 1. The third-order valence-corrected chi connectivity index (χ3v) is 4.36. The molecule has 2 unspecified atom stereocenters. The lowest BCUT2D eigenvalue weighted by Crippen LogP contribution is -2.39. The van der Waals surface area contributed by atoms with Crippen LogP contribution in [0.25, 0.3) is 0 Å². The number of anilines is 1. The molecule has 1 aromatic rings. The van der Waals surface area contributed by atoms with Gasteiger partial charge in [0.2, 0.25) is 0 Å². The van der Waals surface area contributed by atoms with Gasteiger partial charge in [-0.3, -0.25) is 4.99 Å². The molecule has 0 aromatic heterocycles. The maximum absolute atomic E-state index is 5.98. The number of rotatable bonds is 7. The van der Waals surface area contributed by atoms with Crippen LogP contribution in [0, 0.1) is 11.8 Å². The second kappa shape index (κ2) is 9.66. The Kier molecular flexibility index (Phi) is 7.56. The largest absolute Gasteiger partial charge is 0.491 e. The second-order valence-electron chi connectivity index (χ2n) is 7.64. The van der Waals surface area contributed by atoms with E-state index >= 15 is 0 Å². The van der Waals surface area contributed by atoms with E-state index in [9.17, 15) is 0 Å². The molecule has 1 saturated heterocycles. The van der Waals surface area contributed by atoms with Gasteiger partial charge in [0, 0.05) is 25.3 Å². The van der Waals surface area contributed by atoms with Gasteiger partial charge in [-0.15, -0.1) is 0 Å². The van der Waals surface area contributed by atoms with Crippen LogP contribution in [0.15, 0.2) is 29.3 Å². The topological polar surface area (TPSA) is 62.9 Å². The Morgan fingerprint density at radius 2 is 1.88 bits per heavy atom. The first kappa shape index (κ1) is 19.6. The van der Waals surface area contributed by atoms with Gasteiger partial charge < -0.3 is 20.7 Å². The number of nitrogens with zero attached hydrogens (tertiary/aromatic N) is 2. The molecule has 1 aliphatic rings. The number of nitrogens with two attached hydrogens (primary N) is 1. The highest BCUT2D eigenvalue weighted by Gasteiger charge is 2.20. The van der Waals surface area contributed by atoms with Gasteiger partial charge in [0.25, 0.3) is 0 Å². The lowest BCUT2D eigenvalue weighted by Gasteiger charge is -2.34. The highest BCUT2D eigenvalue weighted by molar-refractivity contribution is 5.92. The molecule has 0 amide bonds. The Hall–Kier alpha value is -1.75. The smallest absolute Gasteiger partial charge is 0.193 e. The predicted octanol–water partition coefficient (Wildman–Crippen LogP) is 3.57. The van der Waals surface area contributed by atoms with E-state index in [0.717, 1.165) is 42.8 Å². The van der Waals surface area contributed by atoms with Crippen molar-refractivity contribution in [2.75, 3.05) is 31.5 Å². The number of piperidine rings is 1. The van der Waals surface area contributed by atoms with Gasteiger partial charge in [0.15, 0.2) is 5.96 Å². The number of hydrogen-bond donors (Lipinski definition) is 2. The average molecular weight is 347 g/mol. The maximum Gasteiger partial charge on any atom is 0.193 e. The zero-order valence-electron chi connectivity index (χ0n) is 16.2. The minimum absolute atomic E-state index is 0.177. The van der Waals surface area contributed by atoms with E-state index in [1.165, 1.54) is 19.5 Å². The van der Waals surface area contributed by atoms with E-state index in [-0.39, 0.29) is 6.10 Å². The Bertz CT molecular complexity index is 531. The third kappa shape index (κ3) is 7.34. The molecule has 0 spiro atoms. The van der Waals surface area contributed by atoms with Gasteiger partial charge in [-0.05, 0) is 69.3 Å². The van der Waals surface area contributed by atoms with Crippen LogP contribution in [0.1, 0.15) is 40.5 Å². The molecule has 5 heteroatoms. The predicted molar refractivity (Wildman–Crippen MR) is 106 cm³/mol. The summed E-state index contributed by atoms with van der Waals surface area (Å²) in [4.78, 5) is 7.00. The van der Waals surface area contributed by atoms with Crippen molar-refractivity contribution in [2.45, 2.75) is 46.6 Å². The van der Waals surface area contributed by atoms with Crippen molar-refractivity contribution in [2.24, 2.45) is 22.6 Å². The minimum atomic E-state index is 0.177. The first-order chi connectivity index (χ1) is 11.9. The summed E-state index contributed by atoms with van der Waals surface area (Å²) in [6, 6.07) is 7.79. The molecule has 0 bridgehead atoms. The van der Waals surface area contributed by atoms with Crippen LogP contribution in [0.3, 0.4) is 0 Å². The van der Waals surface area contributed by atoms with Crippen molar-refractivity contribution < 1.29 is 4.74 Å². The van der Waals surface area contributed by atoms with E-state index in [1.54, 1.807) is 0 Å². The summed E-state index contributed by atoms with van der Waals surface area (Å²) >= 11 is 0. The van der Waals surface area contributed by atoms with Gasteiger partial charge in [-0.2, -0.15) is 0 Å². The van der Waals surface area contributed by atoms with Crippen molar-refractivity contribution in [1.29, 1.82) is 0 Å². The summed E-state index contributed by atoms with van der Waals surface area (Å²) < 4.78 is 5.63. The summed E-state index contributed by atoms with van der Waals surface area (Å²) in [6.07, 6.45) is 2.58. The van der Waals surface area contributed by atoms with Crippen molar-refractivity contribution in [1.82, 2.24) is 4.90 Å². The summed E-state index contributed by atoms with van der Waals surface area (Å²) in [6.45, 7) is 13.0.